The van der Waals surface area contributed by atoms with Crippen LogP contribution in [0.4, 0.5) is 0 Å². The second kappa shape index (κ2) is 6.35. The van der Waals surface area contributed by atoms with Crippen LogP contribution in [-0.4, -0.2) is 22.5 Å². The summed E-state index contributed by atoms with van der Waals surface area (Å²) in [6, 6.07) is 0. The zero-order valence-corrected chi connectivity index (χ0v) is 10.6. The molecule has 0 aliphatic heterocycles. The van der Waals surface area contributed by atoms with E-state index >= 15 is 0 Å². The lowest BCUT2D eigenvalue weighted by Gasteiger charge is -2.32. The molecular formula is C11H23N3O2. The van der Waals surface area contributed by atoms with E-state index < -0.39 is 5.92 Å². The number of amidine groups is 1. The van der Waals surface area contributed by atoms with Gasteiger partial charge in [-0.2, -0.15) is 0 Å². The maximum Gasteiger partial charge on any atom is 0.230 e. The molecule has 0 rings (SSSR count). The van der Waals surface area contributed by atoms with Crippen LogP contribution >= 0.6 is 0 Å². The monoisotopic (exact) mass is 229 g/mol. The predicted molar refractivity (Wildman–Crippen MR) is 64.3 cm³/mol. The first-order valence-electron chi connectivity index (χ1n) is 5.75. The van der Waals surface area contributed by atoms with Crippen molar-refractivity contribution >= 4 is 11.7 Å². The lowest BCUT2D eigenvalue weighted by Crippen LogP contribution is -2.50. The summed E-state index contributed by atoms with van der Waals surface area (Å²) in [5, 5.41) is 14.3. The minimum atomic E-state index is -0.603. The lowest BCUT2D eigenvalue weighted by molar-refractivity contribution is -0.124. The first-order chi connectivity index (χ1) is 7.46. The SMILES string of the molecule is CCC(CC)(CC)NC(=O)C(C)C(N)=NO. The highest BCUT2D eigenvalue weighted by atomic mass is 16.4. The highest BCUT2D eigenvalue weighted by Crippen LogP contribution is 2.19. The van der Waals surface area contributed by atoms with Gasteiger partial charge in [-0.15, -0.1) is 0 Å². The van der Waals surface area contributed by atoms with Gasteiger partial charge in [-0.05, 0) is 26.2 Å². The first-order valence-corrected chi connectivity index (χ1v) is 5.75. The van der Waals surface area contributed by atoms with Gasteiger partial charge < -0.3 is 16.3 Å². The number of rotatable bonds is 6. The number of nitrogens with zero attached hydrogens (tertiary/aromatic N) is 1. The van der Waals surface area contributed by atoms with Gasteiger partial charge in [-0.25, -0.2) is 0 Å². The summed E-state index contributed by atoms with van der Waals surface area (Å²) in [6.07, 6.45) is 2.61. The van der Waals surface area contributed by atoms with Crippen molar-refractivity contribution in [2.75, 3.05) is 0 Å². The molecule has 5 nitrogen and oxygen atoms in total. The van der Waals surface area contributed by atoms with Crippen LogP contribution < -0.4 is 11.1 Å². The van der Waals surface area contributed by atoms with E-state index in [1.54, 1.807) is 6.92 Å². The van der Waals surface area contributed by atoms with E-state index in [9.17, 15) is 4.79 Å². The van der Waals surface area contributed by atoms with Crippen LogP contribution in [0, 0.1) is 5.92 Å². The first kappa shape index (κ1) is 14.7. The van der Waals surface area contributed by atoms with Crippen molar-refractivity contribution in [3.8, 4) is 0 Å². The number of carbonyl (C=O) groups excluding carboxylic acids is 1. The third-order valence-electron chi connectivity index (χ3n) is 3.37. The largest absolute Gasteiger partial charge is 0.409 e. The van der Waals surface area contributed by atoms with Gasteiger partial charge in [0.2, 0.25) is 5.91 Å². The van der Waals surface area contributed by atoms with Crippen molar-refractivity contribution in [1.29, 1.82) is 0 Å². The molecule has 0 saturated heterocycles. The fourth-order valence-corrected chi connectivity index (χ4v) is 1.61. The van der Waals surface area contributed by atoms with Crippen molar-refractivity contribution in [3.05, 3.63) is 0 Å². The standard InChI is InChI=1S/C11H23N3O2/c1-5-11(6-2,7-3)13-10(15)8(4)9(12)14-16/h8,16H,5-7H2,1-4H3,(H2,12,14)(H,13,15). The Hall–Kier alpha value is -1.26. The molecule has 1 unspecified atom stereocenters. The molecule has 0 radical (unpaired) electrons. The summed E-state index contributed by atoms with van der Waals surface area (Å²) in [6.45, 7) is 7.75. The third-order valence-corrected chi connectivity index (χ3v) is 3.37. The van der Waals surface area contributed by atoms with Crippen molar-refractivity contribution in [3.63, 3.8) is 0 Å². The van der Waals surface area contributed by atoms with Gasteiger partial charge in [0, 0.05) is 5.54 Å². The lowest BCUT2D eigenvalue weighted by atomic mass is 9.89. The van der Waals surface area contributed by atoms with E-state index in [2.05, 4.69) is 10.5 Å². The van der Waals surface area contributed by atoms with Gasteiger partial charge in [0.15, 0.2) is 5.84 Å². The number of amides is 1. The molecule has 16 heavy (non-hydrogen) atoms. The molecule has 0 aromatic heterocycles. The zero-order valence-electron chi connectivity index (χ0n) is 10.6. The topological polar surface area (TPSA) is 87.7 Å². The number of hydrogen-bond donors (Lipinski definition) is 3. The summed E-state index contributed by atoms with van der Waals surface area (Å²) >= 11 is 0. The number of nitrogens with one attached hydrogen (secondary N) is 1. The van der Waals surface area contributed by atoms with Crippen LogP contribution in [0.3, 0.4) is 0 Å². The molecular weight excluding hydrogens is 206 g/mol. The Morgan fingerprint density at radius 3 is 2.12 bits per heavy atom. The third kappa shape index (κ3) is 3.40. The summed E-state index contributed by atoms with van der Waals surface area (Å²) < 4.78 is 0. The van der Waals surface area contributed by atoms with Crippen molar-refractivity contribution < 1.29 is 10.0 Å². The molecule has 0 aromatic carbocycles. The maximum absolute atomic E-state index is 11.9. The van der Waals surface area contributed by atoms with Gasteiger partial charge in [0.1, 0.15) is 0 Å². The molecule has 94 valence electrons. The quantitative estimate of drug-likeness (QED) is 0.279. The Morgan fingerprint density at radius 2 is 1.81 bits per heavy atom. The zero-order chi connectivity index (χ0) is 12.8. The number of hydrogen-bond acceptors (Lipinski definition) is 3. The highest BCUT2D eigenvalue weighted by molar-refractivity contribution is 6.01. The van der Waals surface area contributed by atoms with Gasteiger partial charge in [0.25, 0.3) is 0 Å². The van der Waals surface area contributed by atoms with Crippen molar-refractivity contribution in [1.82, 2.24) is 5.32 Å². The molecule has 0 aliphatic rings. The highest BCUT2D eigenvalue weighted by Gasteiger charge is 2.29. The van der Waals surface area contributed by atoms with Crippen LogP contribution in [0.2, 0.25) is 0 Å². The molecule has 1 atom stereocenters. The summed E-state index contributed by atoms with van der Waals surface area (Å²) in [5.41, 5.74) is 5.22. The molecule has 1 amide bonds. The second-order valence-corrected chi connectivity index (χ2v) is 4.08. The minimum absolute atomic E-state index is 0.0605. The van der Waals surface area contributed by atoms with Crippen LogP contribution in [0.1, 0.15) is 47.0 Å². The van der Waals surface area contributed by atoms with Crippen LogP contribution in [0.25, 0.3) is 0 Å². The van der Waals surface area contributed by atoms with Crippen LogP contribution in [0.5, 0.6) is 0 Å². The fourth-order valence-electron chi connectivity index (χ4n) is 1.61. The summed E-state index contributed by atoms with van der Waals surface area (Å²) in [7, 11) is 0. The molecule has 4 N–H and O–H groups in total. The van der Waals surface area contributed by atoms with E-state index in [0.29, 0.717) is 0 Å². The number of carbonyl (C=O) groups is 1. The van der Waals surface area contributed by atoms with E-state index in [1.165, 1.54) is 0 Å². The normalized spacial score (nSPS) is 14.6. The second-order valence-electron chi connectivity index (χ2n) is 4.08. The van der Waals surface area contributed by atoms with Crippen molar-refractivity contribution in [2.24, 2.45) is 16.8 Å². The Bertz CT molecular complexity index is 252. The summed E-state index contributed by atoms with van der Waals surface area (Å²) in [5.74, 6) is -0.857. The molecule has 0 heterocycles. The van der Waals surface area contributed by atoms with Gasteiger partial charge in [-0.1, -0.05) is 25.9 Å². The Morgan fingerprint density at radius 1 is 1.38 bits per heavy atom. The average Bonchev–Trinajstić information content (AvgIpc) is 2.33. The molecule has 0 fully saturated rings. The average molecular weight is 229 g/mol. The van der Waals surface area contributed by atoms with E-state index in [4.69, 9.17) is 10.9 Å². The number of oxime groups is 1. The van der Waals surface area contributed by atoms with E-state index in [0.717, 1.165) is 19.3 Å². The molecule has 0 aromatic rings. The van der Waals surface area contributed by atoms with Crippen molar-refractivity contribution in [2.45, 2.75) is 52.5 Å². The summed E-state index contributed by atoms with van der Waals surface area (Å²) in [4.78, 5) is 11.9. The molecule has 0 bridgehead atoms. The van der Waals surface area contributed by atoms with E-state index in [-0.39, 0.29) is 17.3 Å². The Balaban J connectivity index is 4.65. The van der Waals surface area contributed by atoms with Gasteiger partial charge in [0.05, 0.1) is 5.92 Å². The minimum Gasteiger partial charge on any atom is -0.409 e. The smallest absolute Gasteiger partial charge is 0.230 e. The number of nitrogens with two attached hydrogens (primary N) is 1. The van der Waals surface area contributed by atoms with Gasteiger partial charge >= 0.3 is 0 Å². The fraction of sp³-hybridized carbons (Fsp3) is 0.818. The molecule has 0 spiro atoms. The Kier molecular flexibility index (Phi) is 5.85. The van der Waals surface area contributed by atoms with E-state index in [1.807, 2.05) is 20.8 Å². The van der Waals surface area contributed by atoms with Crippen LogP contribution in [-0.2, 0) is 4.79 Å². The molecule has 0 aliphatic carbocycles. The molecule has 0 saturated carbocycles. The van der Waals surface area contributed by atoms with Crippen LogP contribution in [0.15, 0.2) is 5.16 Å². The molecule has 5 heteroatoms. The maximum atomic E-state index is 11.9. The predicted octanol–water partition coefficient (Wildman–Crippen LogP) is 1.45. The Labute approximate surface area is 97.1 Å². The van der Waals surface area contributed by atoms with Gasteiger partial charge in [-0.3, -0.25) is 4.79 Å².